The zero-order valence-electron chi connectivity index (χ0n) is 8.29. The predicted octanol–water partition coefficient (Wildman–Crippen LogP) is 2.32. The van der Waals surface area contributed by atoms with Crippen LogP contribution >= 0.6 is 0 Å². The first-order chi connectivity index (χ1) is 6.43. The third-order valence-corrected chi connectivity index (χ3v) is 1.96. The second kappa shape index (κ2) is 6.87. The van der Waals surface area contributed by atoms with Gasteiger partial charge in [0.25, 0.3) is 0 Å². The first-order valence-corrected chi connectivity index (χ1v) is 4.94. The van der Waals surface area contributed by atoms with Gasteiger partial charge in [-0.1, -0.05) is 18.2 Å². The molecule has 1 rings (SSSR count). The van der Waals surface area contributed by atoms with Gasteiger partial charge < -0.3 is 9.47 Å². The van der Waals surface area contributed by atoms with E-state index < -0.39 is 0 Å². The molecule has 0 spiro atoms. The molecular formula is C11H18O2. The summed E-state index contributed by atoms with van der Waals surface area (Å²) in [5.74, 6) is 0. The van der Waals surface area contributed by atoms with Gasteiger partial charge in [-0.05, 0) is 25.3 Å². The minimum atomic E-state index is 0.713. The Bertz CT molecular complexity index is 183. The van der Waals surface area contributed by atoms with Crippen LogP contribution in [-0.2, 0) is 9.47 Å². The predicted molar refractivity (Wildman–Crippen MR) is 53.8 cm³/mol. The number of rotatable bonds is 7. The number of allylic oxidation sites excluding steroid dienone is 3. The average Bonchev–Trinajstić information content (AvgIpc) is 2.63. The van der Waals surface area contributed by atoms with E-state index in [0.29, 0.717) is 13.2 Å². The van der Waals surface area contributed by atoms with Crippen molar-refractivity contribution in [3.63, 3.8) is 0 Å². The highest BCUT2D eigenvalue weighted by molar-refractivity contribution is 5.25. The lowest BCUT2D eigenvalue weighted by atomic mass is 10.2. The van der Waals surface area contributed by atoms with E-state index in [2.05, 4.69) is 18.2 Å². The maximum Gasteiger partial charge on any atom is 0.0700 e. The van der Waals surface area contributed by atoms with Crippen molar-refractivity contribution in [2.75, 3.05) is 26.4 Å². The molecule has 0 aromatic heterocycles. The highest BCUT2D eigenvalue weighted by Gasteiger charge is 1.97. The van der Waals surface area contributed by atoms with Gasteiger partial charge in [0.05, 0.1) is 19.8 Å². The third kappa shape index (κ3) is 4.86. The zero-order chi connectivity index (χ0) is 9.36. The average molecular weight is 182 g/mol. The number of ether oxygens (including phenoxy) is 2. The van der Waals surface area contributed by atoms with Gasteiger partial charge in [0.1, 0.15) is 0 Å². The standard InChI is InChI=1S/C11H18O2/c1-2-12-9-10-13-8-7-11-5-3-4-6-11/h3,5-6H,2,4,7-10H2,1H3. The Morgan fingerprint density at radius 3 is 2.77 bits per heavy atom. The minimum Gasteiger partial charge on any atom is -0.379 e. The van der Waals surface area contributed by atoms with Gasteiger partial charge in [-0.2, -0.15) is 0 Å². The highest BCUT2D eigenvalue weighted by atomic mass is 16.5. The molecule has 0 saturated carbocycles. The molecule has 0 radical (unpaired) electrons. The van der Waals surface area contributed by atoms with E-state index in [0.717, 1.165) is 26.1 Å². The van der Waals surface area contributed by atoms with E-state index in [9.17, 15) is 0 Å². The van der Waals surface area contributed by atoms with Crippen molar-refractivity contribution >= 4 is 0 Å². The molecule has 0 atom stereocenters. The number of hydrogen-bond acceptors (Lipinski definition) is 2. The van der Waals surface area contributed by atoms with Crippen LogP contribution in [0.25, 0.3) is 0 Å². The summed E-state index contributed by atoms with van der Waals surface area (Å²) in [4.78, 5) is 0. The lowest BCUT2D eigenvalue weighted by molar-refractivity contribution is 0.0543. The van der Waals surface area contributed by atoms with Crippen molar-refractivity contribution in [1.82, 2.24) is 0 Å². The van der Waals surface area contributed by atoms with E-state index in [-0.39, 0.29) is 0 Å². The second-order valence-corrected chi connectivity index (χ2v) is 2.98. The summed E-state index contributed by atoms with van der Waals surface area (Å²) in [5, 5.41) is 0. The molecule has 0 fully saturated rings. The van der Waals surface area contributed by atoms with Crippen LogP contribution in [0.5, 0.6) is 0 Å². The molecule has 0 N–H and O–H groups in total. The maximum atomic E-state index is 5.40. The molecule has 0 bridgehead atoms. The quantitative estimate of drug-likeness (QED) is 0.562. The van der Waals surface area contributed by atoms with Gasteiger partial charge >= 0.3 is 0 Å². The molecule has 0 aliphatic heterocycles. The SMILES string of the molecule is CCOCCOCCC1=CCC=C1. The molecular weight excluding hydrogens is 164 g/mol. The molecule has 2 heteroatoms. The topological polar surface area (TPSA) is 18.5 Å². The van der Waals surface area contributed by atoms with Crippen LogP contribution in [0.15, 0.2) is 23.8 Å². The van der Waals surface area contributed by atoms with Crippen molar-refractivity contribution < 1.29 is 9.47 Å². The van der Waals surface area contributed by atoms with Crippen LogP contribution in [-0.4, -0.2) is 26.4 Å². The van der Waals surface area contributed by atoms with Crippen LogP contribution in [0.2, 0.25) is 0 Å². The number of hydrogen-bond donors (Lipinski definition) is 0. The van der Waals surface area contributed by atoms with E-state index in [1.165, 1.54) is 5.57 Å². The smallest absolute Gasteiger partial charge is 0.0700 e. The first-order valence-electron chi connectivity index (χ1n) is 4.94. The Hall–Kier alpha value is -0.600. The van der Waals surface area contributed by atoms with Crippen LogP contribution < -0.4 is 0 Å². The molecule has 0 unspecified atom stereocenters. The minimum absolute atomic E-state index is 0.713. The summed E-state index contributed by atoms with van der Waals surface area (Å²) in [6.45, 7) is 5.00. The van der Waals surface area contributed by atoms with Crippen molar-refractivity contribution in [2.45, 2.75) is 19.8 Å². The molecule has 1 aliphatic carbocycles. The maximum absolute atomic E-state index is 5.40. The molecule has 0 heterocycles. The molecule has 0 aromatic rings. The van der Waals surface area contributed by atoms with Gasteiger partial charge in [-0.25, -0.2) is 0 Å². The zero-order valence-corrected chi connectivity index (χ0v) is 8.29. The van der Waals surface area contributed by atoms with Gasteiger partial charge in [0.15, 0.2) is 0 Å². The molecule has 0 saturated heterocycles. The Morgan fingerprint density at radius 1 is 1.23 bits per heavy atom. The van der Waals surface area contributed by atoms with Crippen molar-refractivity contribution in [2.24, 2.45) is 0 Å². The van der Waals surface area contributed by atoms with Gasteiger partial charge in [-0.3, -0.25) is 0 Å². The van der Waals surface area contributed by atoms with Gasteiger partial charge in [0, 0.05) is 6.61 Å². The van der Waals surface area contributed by atoms with E-state index in [1.807, 2.05) is 6.92 Å². The van der Waals surface area contributed by atoms with Crippen molar-refractivity contribution in [3.8, 4) is 0 Å². The van der Waals surface area contributed by atoms with Crippen molar-refractivity contribution in [1.29, 1.82) is 0 Å². The Balaban J connectivity index is 1.86. The Labute approximate surface area is 80.2 Å². The summed E-state index contributed by atoms with van der Waals surface area (Å²) >= 11 is 0. The fourth-order valence-electron chi connectivity index (χ4n) is 1.25. The fourth-order valence-corrected chi connectivity index (χ4v) is 1.25. The Kier molecular flexibility index (Phi) is 5.54. The third-order valence-electron chi connectivity index (χ3n) is 1.96. The molecule has 0 amide bonds. The van der Waals surface area contributed by atoms with Gasteiger partial charge in [-0.15, -0.1) is 0 Å². The summed E-state index contributed by atoms with van der Waals surface area (Å²) in [7, 11) is 0. The van der Waals surface area contributed by atoms with E-state index >= 15 is 0 Å². The lowest BCUT2D eigenvalue weighted by Gasteiger charge is -2.03. The summed E-state index contributed by atoms with van der Waals surface area (Å²) in [5.41, 5.74) is 1.40. The molecule has 74 valence electrons. The normalized spacial score (nSPS) is 15.0. The first kappa shape index (κ1) is 10.5. The van der Waals surface area contributed by atoms with Crippen LogP contribution in [0.4, 0.5) is 0 Å². The van der Waals surface area contributed by atoms with E-state index in [1.54, 1.807) is 0 Å². The monoisotopic (exact) mass is 182 g/mol. The molecule has 0 aromatic carbocycles. The van der Waals surface area contributed by atoms with Crippen molar-refractivity contribution in [3.05, 3.63) is 23.8 Å². The Morgan fingerprint density at radius 2 is 2.08 bits per heavy atom. The summed E-state index contributed by atoms with van der Waals surface area (Å²) in [6.07, 6.45) is 8.71. The van der Waals surface area contributed by atoms with Crippen LogP contribution in [0, 0.1) is 0 Å². The van der Waals surface area contributed by atoms with Gasteiger partial charge in [0.2, 0.25) is 0 Å². The summed E-state index contributed by atoms with van der Waals surface area (Å²) in [6, 6.07) is 0. The molecule has 1 aliphatic rings. The highest BCUT2D eigenvalue weighted by Crippen LogP contribution is 2.11. The molecule has 13 heavy (non-hydrogen) atoms. The van der Waals surface area contributed by atoms with E-state index in [4.69, 9.17) is 9.47 Å². The van der Waals surface area contributed by atoms with Crippen LogP contribution in [0.1, 0.15) is 19.8 Å². The largest absolute Gasteiger partial charge is 0.379 e. The fraction of sp³-hybridized carbons (Fsp3) is 0.636. The lowest BCUT2D eigenvalue weighted by Crippen LogP contribution is -2.05. The summed E-state index contributed by atoms with van der Waals surface area (Å²) < 4.78 is 10.5. The van der Waals surface area contributed by atoms with Crippen LogP contribution in [0.3, 0.4) is 0 Å². The molecule has 2 nitrogen and oxygen atoms in total. The second-order valence-electron chi connectivity index (χ2n) is 2.98.